The topological polar surface area (TPSA) is 55.6 Å². The van der Waals surface area contributed by atoms with Crippen LogP contribution in [0.4, 0.5) is 5.69 Å². The lowest BCUT2D eigenvalue weighted by molar-refractivity contribution is -0.140. The number of nitrogens with two attached hydrogens (primary N) is 1. The van der Waals surface area contributed by atoms with Crippen LogP contribution < -0.4 is 5.73 Å². The SMILES string of the molecule is Cc1c(N)cccc1SCC(=O)N1CC(C)OC(C)C1. The first-order chi connectivity index (χ1) is 9.47. The summed E-state index contributed by atoms with van der Waals surface area (Å²) in [5.41, 5.74) is 7.71. The molecule has 1 amide bonds. The van der Waals surface area contributed by atoms with Crippen LogP contribution in [0.5, 0.6) is 0 Å². The van der Waals surface area contributed by atoms with Crippen LogP contribution in [0.15, 0.2) is 23.1 Å². The number of morpholine rings is 1. The van der Waals surface area contributed by atoms with Crippen molar-refractivity contribution in [1.82, 2.24) is 4.90 Å². The zero-order chi connectivity index (χ0) is 14.7. The third-order valence-corrected chi connectivity index (χ3v) is 4.59. The number of nitrogens with zero attached hydrogens (tertiary/aromatic N) is 1. The Bertz CT molecular complexity index is 483. The molecule has 5 heteroatoms. The molecule has 1 aliphatic heterocycles. The van der Waals surface area contributed by atoms with Crippen LogP contribution >= 0.6 is 11.8 Å². The molecule has 20 heavy (non-hydrogen) atoms. The Kier molecular flexibility index (Phi) is 4.94. The monoisotopic (exact) mass is 294 g/mol. The van der Waals surface area contributed by atoms with Crippen LogP contribution in [-0.2, 0) is 9.53 Å². The van der Waals surface area contributed by atoms with Crippen LogP contribution in [-0.4, -0.2) is 41.9 Å². The van der Waals surface area contributed by atoms with Gasteiger partial charge in [-0.25, -0.2) is 0 Å². The average Bonchev–Trinajstić information content (AvgIpc) is 2.39. The van der Waals surface area contributed by atoms with Gasteiger partial charge in [0.15, 0.2) is 0 Å². The number of carbonyl (C=O) groups is 1. The predicted molar refractivity (Wildman–Crippen MR) is 82.9 cm³/mol. The summed E-state index contributed by atoms with van der Waals surface area (Å²) in [6, 6.07) is 5.81. The first kappa shape index (κ1) is 15.2. The molecule has 0 aliphatic carbocycles. The molecule has 1 fully saturated rings. The molecule has 1 heterocycles. The van der Waals surface area contributed by atoms with Gasteiger partial charge >= 0.3 is 0 Å². The number of rotatable bonds is 3. The lowest BCUT2D eigenvalue weighted by Gasteiger charge is -2.35. The minimum atomic E-state index is 0.113. The zero-order valence-corrected chi connectivity index (χ0v) is 13.1. The summed E-state index contributed by atoms with van der Waals surface area (Å²) in [6.07, 6.45) is 0.226. The highest BCUT2D eigenvalue weighted by atomic mass is 32.2. The Morgan fingerprint density at radius 2 is 2.05 bits per heavy atom. The number of thioether (sulfide) groups is 1. The Balaban J connectivity index is 1.93. The Morgan fingerprint density at radius 1 is 1.40 bits per heavy atom. The van der Waals surface area contributed by atoms with Gasteiger partial charge in [-0.1, -0.05) is 6.07 Å². The van der Waals surface area contributed by atoms with E-state index in [-0.39, 0.29) is 18.1 Å². The lowest BCUT2D eigenvalue weighted by Crippen LogP contribution is -2.48. The molecule has 2 N–H and O–H groups in total. The van der Waals surface area contributed by atoms with Gasteiger partial charge in [-0.3, -0.25) is 4.79 Å². The van der Waals surface area contributed by atoms with E-state index in [2.05, 4.69) is 0 Å². The standard InChI is InChI=1S/C15H22N2O2S/c1-10-7-17(8-11(2)19-10)15(18)9-20-14-6-4-5-13(16)12(14)3/h4-6,10-11H,7-9,16H2,1-3H3. The smallest absolute Gasteiger partial charge is 0.233 e. The molecule has 0 bridgehead atoms. The Morgan fingerprint density at radius 3 is 2.70 bits per heavy atom. The molecule has 0 aromatic heterocycles. The molecule has 4 nitrogen and oxygen atoms in total. The van der Waals surface area contributed by atoms with E-state index in [9.17, 15) is 4.79 Å². The van der Waals surface area contributed by atoms with Crippen LogP contribution in [0.2, 0.25) is 0 Å². The van der Waals surface area contributed by atoms with E-state index in [1.54, 1.807) is 11.8 Å². The molecule has 0 spiro atoms. The van der Waals surface area contributed by atoms with Crippen molar-refractivity contribution in [3.8, 4) is 0 Å². The van der Waals surface area contributed by atoms with E-state index in [1.807, 2.05) is 43.9 Å². The molecule has 2 unspecified atom stereocenters. The van der Waals surface area contributed by atoms with E-state index in [0.29, 0.717) is 18.8 Å². The van der Waals surface area contributed by atoms with Gasteiger partial charge in [0, 0.05) is 23.7 Å². The van der Waals surface area contributed by atoms with Crippen molar-refractivity contribution in [1.29, 1.82) is 0 Å². The summed E-state index contributed by atoms with van der Waals surface area (Å²) in [6.45, 7) is 7.36. The van der Waals surface area contributed by atoms with Crippen LogP contribution in [0.1, 0.15) is 19.4 Å². The molecule has 1 aliphatic rings. The molecule has 1 aromatic carbocycles. The second-order valence-corrected chi connectivity index (χ2v) is 6.33. The highest BCUT2D eigenvalue weighted by Crippen LogP contribution is 2.26. The van der Waals surface area contributed by atoms with Crippen LogP contribution in [0, 0.1) is 6.92 Å². The van der Waals surface area contributed by atoms with Crippen molar-refractivity contribution >= 4 is 23.4 Å². The van der Waals surface area contributed by atoms with Gasteiger partial charge in [0.25, 0.3) is 0 Å². The van der Waals surface area contributed by atoms with Crippen molar-refractivity contribution in [3.63, 3.8) is 0 Å². The fourth-order valence-electron chi connectivity index (χ4n) is 2.40. The molecule has 0 radical (unpaired) electrons. The number of nitrogen functional groups attached to an aromatic ring is 1. The van der Waals surface area contributed by atoms with E-state index < -0.39 is 0 Å². The summed E-state index contributed by atoms with van der Waals surface area (Å²) >= 11 is 1.55. The third-order valence-electron chi connectivity index (χ3n) is 3.45. The number of amides is 1. The maximum absolute atomic E-state index is 12.3. The maximum Gasteiger partial charge on any atom is 0.233 e. The van der Waals surface area contributed by atoms with Crippen molar-refractivity contribution in [2.24, 2.45) is 0 Å². The number of hydrogen-bond donors (Lipinski definition) is 1. The Hall–Kier alpha value is -1.20. The Labute approximate surface area is 124 Å². The summed E-state index contributed by atoms with van der Waals surface area (Å²) in [4.78, 5) is 15.2. The average molecular weight is 294 g/mol. The van der Waals surface area contributed by atoms with Crippen molar-refractivity contribution < 1.29 is 9.53 Å². The minimum Gasteiger partial charge on any atom is -0.398 e. The summed E-state index contributed by atoms with van der Waals surface area (Å²) in [5, 5.41) is 0. The van der Waals surface area contributed by atoms with E-state index in [1.165, 1.54) is 0 Å². The van der Waals surface area contributed by atoms with Gasteiger partial charge in [0.2, 0.25) is 5.91 Å². The summed E-state index contributed by atoms with van der Waals surface area (Å²) in [7, 11) is 0. The van der Waals surface area contributed by atoms with E-state index in [4.69, 9.17) is 10.5 Å². The highest BCUT2D eigenvalue weighted by molar-refractivity contribution is 8.00. The van der Waals surface area contributed by atoms with Gasteiger partial charge in [-0.15, -0.1) is 11.8 Å². The molecular formula is C15H22N2O2S. The molecule has 0 saturated carbocycles. The van der Waals surface area contributed by atoms with Gasteiger partial charge in [-0.05, 0) is 38.5 Å². The van der Waals surface area contributed by atoms with Gasteiger partial charge in [0.1, 0.15) is 0 Å². The summed E-state index contributed by atoms with van der Waals surface area (Å²) < 4.78 is 5.65. The number of carbonyl (C=O) groups excluding carboxylic acids is 1. The van der Waals surface area contributed by atoms with Gasteiger partial charge < -0.3 is 15.4 Å². The third kappa shape index (κ3) is 3.67. The lowest BCUT2D eigenvalue weighted by atomic mass is 10.2. The quantitative estimate of drug-likeness (QED) is 0.686. The molecule has 1 saturated heterocycles. The fraction of sp³-hybridized carbons (Fsp3) is 0.533. The second-order valence-electron chi connectivity index (χ2n) is 5.32. The minimum absolute atomic E-state index is 0.113. The molecule has 110 valence electrons. The highest BCUT2D eigenvalue weighted by Gasteiger charge is 2.25. The van der Waals surface area contributed by atoms with Gasteiger partial charge in [-0.2, -0.15) is 0 Å². The second kappa shape index (κ2) is 6.50. The maximum atomic E-state index is 12.3. The van der Waals surface area contributed by atoms with E-state index in [0.717, 1.165) is 16.1 Å². The normalized spacial score (nSPS) is 22.9. The largest absolute Gasteiger partial charge is 0.398 e. The molecule has 2 rings (SSSR count). The molecule has 1 aromatic rings. The number of ether oxygens (including phenoxy) is 1. The molecule has 2 atom stereocenters. The fourth-order valence-corrected chi connectivity index (χ4v) is 3.37. The van der Waals surface area contributed by atoms with Crippen molar-refractivity contribution in [2.45, 2.75) is 37.9 Å². The van der Waals surface area contributed by atoms with Crippen molar-refractivity contribution in [2.75, 3.05) is 24.6 Å². The number of benzene rings is 1. The van der Waals surface area contributed by atoms with E-state index >= 15 is 0 Å². The first-order valence-electron chi connectivity index (χ1n) is 6.88. The predicted octanol–water partition coefficient (Wildman–Crippen LogP) is 2.31. The van der Waals surface area contributed by atoms with Crippen LogP contribution in [0.3, 0.4) is 0 Å². The number of hydrogen-bond acceptors (Lipinski definition) is 4. The molecular weight excluding hydrogens is 272 g/mol. The number of anilines is 1. The zero-order valence-electron chi connectivity index (χ0n) is 12.3. The van der Waals surface area contributed by atoms with Crippen molar-refractivity contribution in [3.05, 3.63) is 23.8 Å². The first-order valence-corrected chi connectivity index (χ1v) is 7.87. The summed E-state index contributed by atoms with van der Waals surface area (Å²) in [5.74, 6) is 0.614. The van der Waals surface area contributed by atoms with Gasteiger partial charge in [0.05, 0.1) is 18.0 Å². The van der Waals surface area contributed by atoms with Crippen LogP contribution in [0.25, 0.3) is 0 Å².